The lowest BCUT2D eigenvalue weighted by molar-refractivity contribution is -0.122. The Hall–Kier alpha value is -0.780. The first-order chi connectivity index (χ1) is 10.0. The van der Waals surface area contributed by atoms with Gasteiger partial charge in [0.15, 0.2) is 5.75 Å². The number of carbonyl (C=O) groups is 1. The van der Waals surface area contributed by atoms with Crippen LogP contribution in [0.15, 0.2) is 16.6 Å². The van der Waals surface area contributed by atoms with Crippen LogP contribution in [0.1, 0.15) is 33.1 Å². The zero-order chi connectivity index (χ0) is 15.5. The Balaban J connectivity index is 2.28. The number of hydrogen-bond acceptors (Lipinski definition) is 3. The third-order valence-corrected chi connectivity index (χ3v) is 4.63. The first kappa shape index (κ1) is 16.6. The standard InChI is InChI=1S/C15H20BrClN2O2/c1-3-15(6-5-7-18-15)14(20)19-12-9-10(17)8-11(16)13(12)21-4-2/h8-9,18H,3-7H2,1-2H3,(H,19,20). The number of anilines is 1. The van der Waals surface area contributed by atoms with Crippen LogP contribution in [0.4, 0.5) is 5.69 Å². The van der Waals surface area contributed by atoms with Gasteiger partial charge in [-0.2, -0.15) is 0 Å². The fraction of sp³-hybridized carbons (Fsp3) is 0.533. The number of carbonyl (C=O) groups excluding carboxylic acids is 1. The van der Waals surface area contributed by atoms with E-state index in [0.717, 1.165) is 30.3 Å². The van der Waals surface area contributed by atoms with Gasteiger partial charge >= 0.3 is 0 Å². The van der Waals surface area contributed by atoms with Crippen molar-refractivity contribution in [1.82, 2.24) is 5.32 Å². The van der Waals surface area contributed by atoms with E-state index < -0.39 is 5.54 Å². The minimum absolute atomic E-state index is 0.0300. The number of hydrogen-bond donors (Lipinski definition) is 2. The molecule has 1 amide bonds. The van der Waals surface area contributed by atoms with Gasteiger partial charge in [0.2, 0.25) is 5.91 Å². The molecule has 6 heteroatoms. The molecule has 0 aliphatic carbocycles. The van der Waals surface area contributed by atoms with Gasteiger partial charge in [0.05, 0.1) is 22.3 Å². The van der Waals surface area contributed by atoms with Gasteiger partial charge in [-0.15, -0.1) is 0 Å². The Labute approximate surface area is 138 Å². The average molecular weight is 376 g/mol. The second-order valence-corrected chi connectivity index (χ2v) is 6.41. The molecule has 1 aliphatic rings. The molecule has 1 heterocycles. The SMILES string of the molecule is CCOc1c(Br)cc(Cl)cc1NC(=O)C1(CC)CCCN1. The van der Waals surface area contributed by atoms with Crippen molar-refractivity contribution in [1.29, 1.82) is 0 Å². The quantitative estimate of drug-likeness (QED) is 0.818. The number of nitrogens with one attached hydrogen (secondary N) is 2. The Morgan fingerprint density at radius 1 is 1.52 bits per heavy atom. The third kappa shape index (κ3) is 3.52. The largest absolute Gasteiger partial charge is 0.491 e. The van der Waals surface area contributed by atoms with Crippen molar-refractivity contribution in [2.75, 3.05) is 18.5 Å². The fourth-order valence-electron chi connectivity index (χ4n) is 2.65. The van der Waals surface area contributed by atoms with Gasteiger partial charge in [0.1, 0.15) is 0 Å². The Morgan fingerprint density at radius 2 is 2.29 bits per heavy atom. The molecule has 21 heavy (non-hydrogen) atoms. The van der Waals surface area contributed by atoms with Crippen molar-refractivity contribution in [3.8, 4) is 5.75 Å². The van der Waals surface area contributed by atoms with Crippen LogP contribution >= 0.6 is 27.5 Å². The van der Waals surface area contributed by atoms with E-state index in [2.05, 4.69) is 26.6 Å². The maximum absolute atomic E-state index is 12.7. The Bertz CT molecular complexity index is 531. The Morgan fingerprint density at radius 3 is 2.86 bits per heavy atom. The predicted molar refractivity (Wildman–Crippen MR) is 89.2 cm³/mol. The average Bonchev–Trinajstić information content (AvgIpc) is 2.92. The maximum Gasteiger partial charge on any atom is 0.244 e. The highest BCUT2D eigenvalue weighted by atomic mass is 79.9. The minimum atomic E-state index is -0.488. The summed E-state index contributed by atoms with van der Waals surface area (Å²) in [5.74, 6) is 0.581. The molecular formula is C15H20BrClN2O2. The molecule has 1 fully saturated rings. The highest BCUT2D eigenvalue weighted by molar-refractivity contribution is 9.10. The maximum atomic E-state index is 12.7. The van der Waals surface area contributed by atoms with Gasteiger partial charge < -0.3 is 15.4 Å². The van der Waals surface area contributed by atoms with E-state index in [4.69, 9.17) is 16.3 Å². The van der Waals surface area contributed by atoms with Crippen LogP contribution < -0.4 is 15.4 Å². The van der Waals surface area contributed by atoms with Gasteiger partial charge in [-0.05, 0) is 60.8 Å². The van der Waals surface area contributed by atoms with E-state index in [-0.39, 0.29) is 5.91 Å². The first-order valence-electron chi connectivity index (χ1n) is 7.20. The molecule has 1 aromatic carbocycles. The van der Waals surface area contributed by atoms with Crippen molar-refractivity contribution in [3.63, 3.8) is 0 Å². The summed E-state index contributed by atoms with van der Waals surface area (Å²) >= 11 is 9.51. The fourth-order valence-corrected chi connectivity index (χ4v) is 3.57. The summed E-state index contributed by atoms with van der Waals surface area (Å²) in [7, 11) is 0. The topological polar surface area (TPSA) is 50.4 Å². The van der Waals surface area contributed by atoms with E-state index in [1.807, 2.05) is 13.8 Å². The molecule has 2 rings (SSSR count). The van der Waals surface area contributed by atoms with Crippen molar-refractivity contribution >= 4 is 39.1 Å². The van der Waals surface area contributed by atoms with Crippen molar-refractivity contribution < 1.29 is 9.53 Å². The molecule has 1 saturated heterocycles. The number of amides is 1. The molecule has 116 valence electrons. The molecule has 1 atom stereocenters. The molecule has 2 N–H and O–H groups in total. The van der Waals surface area contributed by atoms with E-state index in [1.54, 1.807) is 12.1 Å². The summed E-state index contributed by atoms with van der Waals surface area (Å²) < 4.78 is 6.35. The summed E-state index contributed by atoms with van der Waals surface area (Å²) in [6.07, 6.45) is 2.62. The van der Waals surface area contributed by atoms with Gasteiger partial charge in [0, 0.05) is 5.02 Å². The highest BCUT2D eigenvalue weighted by Gasteiger charge is 2.39. The third-order valence-electron chi connectivity index (χ3n) is 3.83. The lowest BCUT2D eigenvalue weighted by atomic mass is 9.93. The molecule has 1 unspecified atom stereocenters. The molecular weight excluding hydrogens is 356 g/mol. The van der Waals surface area contributed by atoms with Crippen molar-refractivity contribution in [3.05, 3.63) is 21.6 Å². The van der Waals surface area contributed by atoms with E-state index in [9.17, 15) is 4.79 Å². The zero-order valence-electron chi connectivity index (χ0n) is 12.3. The lowest BCUT2D eigenvalue weighted by Crippen LogP contribution is -2.50. The van der Waals surface area contributed by atoms with Gasteiger partial charge in [-0.25, -0.2) is 0 Å². The van der Waals surface area contributed by atoms with E-state index in [1.165, 1.54) is 0 Å². The van der Waals surface area contributed by atoms with Crippen LogP contribution in [0, 0.1) is 0 Å². The summed E-state index contributed by atoms with van der Waals surface area (Å²) in [4.78, 5) is 12.7. The predicted octanol–water partition coefficient (Wildman–Crippen LogP) is 3.97. The van der Waals surface area contributed by atoms with Gasteiger partial charge in [-0.3, -0.25) is 4.79 Å². The Kier molecular flexibility index (Phi) is 5.52. The summed E-state index contributed by atoms with van der Waals surface area (Å²) in [5.41, 5.74) is 0.112. The van der Waals surface area contributed by atoms with Crippen LogP contribution in [0.5, 0.6) is 5.75 Å². The normalized spacial score (nSPS) is 21.3. The van der Waals surface area contributed by atoms with Crippen LogP contribution in [0.25, 0.3) is 0 Å². The number of ether oxygens (including phenoxy) is 1. The highest BCUT2D eigenvalue weighted by Crippen LogP contribution is 2.37. The van der Waals surface area contributed by atoms with Crippen molar-refractivity contribution in [2.24, 2.45) is 0 Å². The number of halogens is 2. The zero-order valence-corrected chi connectivity index (χ0v) is 14.6. The van der Waals surface area contributed by atoms with Gasteiger partial charge in [-0.1, -0.05) is 18.5 Å². The molecule has 1 aliphatic heterocycles. The first-order valence-corrected chi connectivity index (χ1v) is 8.38. The summed E-state index contributed by atoms with van der Waals surface area (Å²) in [6, 6.07) is 3.47. The molecule has 4 nitrogen and oxygen atoms in total. The number of benzene rings is 1. The van der Waals surface area contributed by atoms with Gasteiger partial charge in [0.25, 0.3) is 0 Å². The molecule has 1 aromatic rings. The molecule has 0 aromatic heterocycles. The molecule has 0 saturated carbocycles. The molecule has 0 radical (unpaired) electrons. The minimum Gasteiger partial charge on any atom is -0.491 e. The monoisotopic (exact) mass is 374 g/mol. The van der Waals surface area contributed by atoms with Crippen LogP contribution in [-0.4, -0.2) is 24.6 Å². The van der Waals surface area contributed by atoms with Crippen LogP contribution in [0.2, 0.25) is 5.02 Å². The lowest BCUT2D eigenvalue weighted by Gasteiger charge is -2.27. The smallest absolute Gasteiger partial charge is 0.244 e. The second kappa shape index (κ2) is 6.99. The van der Waals surface area contributed by atoms with E-state index in [0.29, 0.717) is 23.1 Å². The molecule has 0 spiro atoms. The second-order valence-electron chi connectivity index (χ2n) is 5.12. The summed E-state index contributed by atoms with van der Waals surface area (Å²) in [5, 5.41) is 6.84. The van der Waals surface area contributed by atoms with Crippen molar-refractivity contribution in [2.45, 2.75) is 38.6 Å². The molecule has 0 bridgehead atoms. The summed E-state index contributed by atoms with van der Waals surface area (Å²) in [6.45, 7) is 5.31. The number of rotatable bonds is 5. The van der Waals surface area contributed by atoms with E-state index >= 15 is 0 Å². The van der Waals surface area contributed by atoms with Crippen LogP contribution in [0.3, 0.4) is 0 Å². The van der Waals surface area contributed by atoms with Crippen LogP contribution in [-0.2, 0) is 4.79 Å².